The van der Waals surface area contributed by atoms with E-state index < -0.39 is 58.3 Å². The Balaban J connectivity index is 1.71. The summed E-state index contributed by atoms with van der Waals surface area (Å²) < 4.78 is 0. The van der Waals surface area contributed by atoms with Crippen molar-refractivity contribution in [1.82, 2.24) is 0 Å². The molecule has 0 spiro atoms. The minimum Gasteiger partial charge on any atom is -0.507 e. The lowest BCUT2D eigenvalue weighted by molar-refractivity contribution is -0.175. The van der Waals surface area contributed by atoms with E-state index in [-0.39, 0.29) is 24.2 Å². The van der Waals surface area contributed by atoms with E-state index >= 15 is 0 Å². The van der Waals surface area contributed by atoms with Gasteiger partial charge in [0.2, 0.25) is 5.91 Å². The molecule has 2 unspecified atom stereocenters. The van der Waals surface area contributed by atoms with Crippen LogP contribution in [-0.2, 0) is 32.0 Å². The Kier molecular flexibility index (Phi) is 5.99. The molecule has 8 heteroatoms. The molecule has 0 heterocycles. The van der Waals surface area contributed by atoms with Crippen LogP contribution in [-0.4, -0.2) is 44.9 Å². The summed E-state index contributed by atoms with van der Waals surface area (Å²) in [6, 6.07) is 3.25. The first kappa shape index (κ1) is 23.3. The fourth-order valence-corrected chi connectivity index (χ4v) is 6.01. The molecule has 8 nitrogen and oxygen atoms in total. The van der Waals surface area contributed by atoms with Crippen molar-refractivity contribution in [2.24, 2.45) is 29.4 Å². The zero-order valence-electron chi connectivity index (χ0n) is 18.6. The van der Waals surface area contributed by atoms with Crippen LogP contribution in [0, 0.1) is 23.7 Å². The first-order valence-electron chi connectivity index (χ1n) is 11.6. The van der Waals surface area contributed by atoms with Crippen LogP contribution in [0.4, 0.5) is 0 Å². The van der Waals surface area contributed by atoms with Gasteiger partial charge in [0, 0.05) is 12.3 Å². The Morgan fingerprint density at radius 3 is 2.48 bits per heavy atom. The molecular formula is C25H29NO7. The summed E-state index contributed by atoms with van der Waals surface area (Å²) in [6.07, 6.45) is 5.05. The predicted molar refractivity (Wildman–Crippen MR) is 116 cm³/mol. The van der Waals surface area contributed by atoms with Crippen LogP contribution in [0.3, 0.4) is 0 Å². The number of benzene rings is 1. The van der Waals surface area contributed by atoms with Crippen LogP contribution in [0.2, 0.25) is 0 Å². The lowest BCUT2D eigenvalue weighted by Crippen LogP contribution is -2.68. The summed E-state index contributed by atoms with van der Waals surface area (Å²) in [6.45, 7) is 2.12. The van der Waals surface area contributed by atoms with Gasteiger partial charge in [0.1, 0.15) is 5.75 Å². The molecule has 1 aromatic carbocycles. The Morgan fingerprint density at radius 1 is 1.09 bits per heavy atom. The lowest BCUT2D eigenvalue weighted by Gasteiger charge is -2.48. The molecule has 3 aliphatic carbocycles. The lowest BCUT2D eigenvalue weighted by atomic mass is 9.53. The first-order valence-corrected chi connectivity index (χ1v) is 11.6. The van der Waals surface area contributed by atoms with Gasteiger partial charge < -0.3 is 15.9 Å². The second kappa shape index (κ2) is 8.48. The summed E-state index contributed by atoms with van der Waals surface area (Å²) in [4.78, 5) is 63.9. The van der Waals surface area contributed by atoms with E-state index in [9.17, 15) is 34.2 Å². The second-order valence-electron chi connectivity index (χ2n) is 9.65. The van der Waals surface area contributed by atoms with Gasteiger partial charge in [0.05, 0.1) is 11.5 Å². The normalized spacial score (nSPS) is 31.1. The average Bonchev–Trinajstić information content (AvgIpc) is 2.75. The molecule has 5 atom stereocenters. The molecule has 2 fully saturated rings. The molecule has 2 saturated carbocycles. The number of hydrogen-bond donors (Lipinski definition) is 3. The van der Waals surface area contributed by atoms with Crippen molar-refractivity contribution in [2.75, 3.05) is 0 Å². The average molecular weight is 456 g/mol. The molecule has 1 amide bonds. The van der Waals surface area contributed by atoms with Gasteiger partial charge in [-0.3, -0.25) is 24.0 Å². The third-order valence-electron chi connectivity index (χ3n) is 7.68. The van der Waals surface area contributed by atoms with Gasteiger partial charge in [-0.05, 0) is 48.8 Å². The maximum Gasteiger partial charge on any atom is 0.235 e. The van der Waals surface area contributed by atoms with Crippen LogP contribution in [0.1, 0.15) is 66.9 Å². The second-order valence-corrected chi connectivity index (χ2v) is 9.65. The predicted octanol–water partition coefficient (Wildman–Crippen LogP) is 1.45. The number of carbonyl (C=O) groups excluding carboxylic acids is 5. The number of ketones is 4. The van der Waals surface area contributed by atoms with Gasteiger partial charge in [0.15, 0.2) is 34.7 Å². The number of rotatable bonds is 6. The van der Waals surface area contributed by atoms with Crippen molar-refractivity contribution in [2.45, 2.75) is 63.9 Å². The van der Waals surface area contributed by atoms with E-state index in [2.05, 4.69) is 6.92 Å². The number of primary amides is 1. The number of hydrogen-bond acceptors (Lipinski definition) is 7. The molecule has 0 radical (unpaired) electrons. The molecule has 4 N–H and O–H groups in total. The number of phenols is 1. The highest BCUT2D eigenvalue weighted by Crippen LogP contribution is 2.50. The van der Waals surface area contributed by atoms with Crippen molar-refractivity contribution in [1.29, 1.82) is 0 Å². The molecule has 4 rings (SSSR count). The van der Waals surface area contributed by atoms with Gasteiger partial charge in [0.25, 0.3) is 0 Å². The highest BCUT2D eigenvalue weighted by atomic mass is 16.3. The van der Waals surface area contributed by atoms with E-state index in [0.29, 0.717) is 12.0 Å². The zero-order valence-corrected chi connectivity index (χ0v) is 18.6. The van der Waals surface area contributed by atoms with E-state index in [0.717, 1.165) is 37.7 Å². The summed E-state index contributed by atoms with van der Waals surface area (Å²) in [5, 5.41) is 21.7. The van der Waals surface area contributed by atoms with Crippen molar-refractivity contribution >= 4 is 29.0 Å². The molecular weight excluding hydrogens is 426 g/mol. The Labute approximate surface area is 191 Å². The number of phenolic OH excluding ortho intramolecular Hbond substituents is 1. The number of amides is 1. The number of aromatic hydroxyl groups is 1. The summed E-state index contributed by atoms with van der Waals surface area (Å²) in [5.41, 5.74) is 4.32. The number of unbranched alkanes of at least 4 members (excludes halogenated alkanes) is 3. The van der Waals surface area contributed by atoms with Gasteiger partial charge in [-0.15, -0.1) is 0 Å². The maximum atomic E-state index is 13.5. The minimum atomic E-state index is -2.60. The zero-order chi connectivity index (χ0) is 24.1. The molecule has 0 bridgehead atoms. The third-order valence-corrected chi connectivity index (χ3v) is 7.68. The Hall–Kier alpha value is -2.87. The van der Waals surface area contributed by atoms with Crippen molar-refractivity contribution in [3.05, 3.63) is 28.8 Å². The quantitative estimate of drug-likeness (QED) is 0.434. The highest BCUT2D eigenvalue weighted by molar-refractivity contribution is 6.31. The number of nitrogens with two attached hydrogens (primary N) is 1. The largest absolute Gasteiger partial charge is 0.507 e. The number of aliphatic hydroxyl groups is 1. The van der Waals surface area contributed by atoms with E-state index in [1.54, 1.807) is 6.07 Å². The molecule has 0 aromatic heterocycles. The maximum absolute atomic E-state index is 13.5. The highest BCUT2D eigenvalue weighted by Gasteiger charge is 2.66. The molecule has 33 heavy (non-hydrogen) atoms. The summed E-state index contributed by atoms with van der Waals surface area (Å²) in [7, 11) is 0. The van der Waals surface area contributed by atoms with E-state index in [4.69, 9.17) is 5.73 Å². The number of Topliss-reactive ketones (excluding diaryl/α,β-unsaturated/α-hetero) is 4. The third kappa shape index (κ3) is 3.51. The molecule has 1 aromatic rings. The standard InChI is InChI=1S/C25H29NO7/c1-2-3-4-5-6-12-7-8-16(27)19-15(12)10-13-9-14-11-17(28)20(24(26)32)23(31)25(14,33)22(30)18(13)21(19)29/h7-8,13-14,18,20,27,33H,2-6,9-11H2,1H3,(H2,26,32)/t13-,14+,18?,20?,25+/m1/s1. The molecule has 3 aliphatic rings. The van der Waals surface area contributed by atoms with Gasteiger partial charge >= 0.3 is 0 Å². The topological polar surface area (TPSA) is 152 Å². The van der Waals surface area contributed by atoms with Crippen LogP contribution < -0.4 is 5.73 Å². The van der Waals surface area contributed by atoms with E-state index in [1.807, 2.05) is 0 Å². The smallest absolute Gasteiger partial charge is 0.235 e. The molecule has 0 saturated heterocycles. The fourth-order valence-electron chi connectivity index (χ4n) is 6.01. The number of aryl methyl sites for hydroxylation is 1. The van der Waals surface area contributed by atoms with E-state index in [1.165, 1.54) is 6.07 Å². The summed E-state index contributed by atoms with van der Waals surface area (Å²) in [5.74, 6) is -9.68. The Morgan fingerprint density at radius 2 is 1.82 bits per heavy atom. The Bertz CT molecular complexity index is 1060. The van der Waals surface area contributed by atoms with Gasteiger partial charge in [-0.1, -0.05) is 32.3 Å². The van der Waals surface area contributed by atoms with Crippen LogP contribution >= 0.6 is 0 Å². The van der Waals surface area contributed by atoms with Crippen LogP contribution in [0.5, 0.6) is 5.75 Å². The molecule has 176 valence electrons. The molecule has 0 aliphatic heterocycles. The van der Waals surface area contributed by atoms with Crippen molar-refractivity contribution < 1.29 is 34.2 Å². The first-order chi connectivity index (χ1) is 15.6. The fraction of sp³-hybridized carbons (Fsp3) is 0.560. The minimum absolute atomic E-state index is 0.0745. The number of carbonyl (C=O) groups is 5. The van der Waals surface area contributed by atoms with Crippen molar-refractivity contribution in [3.63, 3.8) is 0 Å². The van der Waals surface area contributed by atoms with Gasteiger partial charge in [-0.2, -0.15) is 0 Å². The number of fused-ring (bicyclic) bond motifs is 3. The van der Waals surface area contributed by atoms with Crippen molar-refractivity contribution in [3.8, 4) is 5.75 Å². The van der Waals surface area contributed by atoms with Crippen LogP contribution in [0.15, 0.2) is 12.1 Å². The monoisotopic (exact) mass is 455 g/mol. The summed E-state index contributed by atoms with van der Waals surface area (Å²) >= 11 is 0. The van der Waals surface area contributed by atoms with Gasteiger partial charge in [-0.25, -0.2) is 0 Å². The SMILES string of the molecule is CCCCCCc1ccc(O)c2c1C[C@H]1C[C@H]3CC(=O)C(C(N)=O)C(=O)[C@@]3(O)C(=O)C1C2=O. The van der Waals surface area contributed by atoms with Crippen LogP contribution in [0.25, 0.3) is 0 Å².